The van der Waals surface area contributed by atoms with Crippen molar-refractivity contribution in [1.82, 2.24) is 29.4 Å². The Bertz CT molecular complexity index is 2370. The fraction of sp³-hybridized carbons (Fsp3) is 0.417. The molecule has 4 N–H and O–H groups in total. The molecule has 1 unspecified atom stereocenters. The number of hydrogen-bond acceptors (Lipinski definition) is 10. The molecular formula is C36H40FN7O9S. The molecule has 0 saturated carbocycles. The van der Waals surface area contributed by atoms with E-state index < -0.39 is 51.9 Å². The smallest absolute Gasteiger partial charge is 0.330 e. The van der Waals surface area contributed by atoms with E-state index in [9.17, 15) is 37.5 Å². The van der Waals surface area contributed by atoms with E-state index in [1.807, 2.05) is 32.0 Å². The Balaban J connectivity index is 0.926. The van der Waals surface area contributed by atoms with E-state index in [2.05, 4.69) is 15.5 Å². The number of ether oxygens (including phenoxy) is 1. The van der Waals surface area contributed by atoms with Crippen LogP contribution in [0.1, 0.15) is 63.1 Å². The summed E-state index contributed by atoms with van der Waals surface area (Å²) < 4.78 is 51.2. The Morgan fingerprint density at radius 2 is 1.78 bits per heavy atom. The normalized spacial score (nSPS) is 19.4. The van der Waals surface area contributed by atoms with E-state index in [-0.39, 0.29) is 78.5 Å². The van der Waals surface area contributed by atoms with Crippen LogP contribution < -0.4 is 30.1 Å². The zero-order valence-corrected chi connectivity index (χ0v) is 30.4. The lowest BCUT2D eigenvalue weighted by Gasteiger charge is -2.31. The van der Waals surface area contributed by atoms with Crippen LogP contribution in [-0.2, 0) is 29.4 Å². The van der Waals surface area contributed by atoms with Crippen molar-refractivity contribution < 1.29 is 41.8 Å². The zero-order chi connectivity index (χ0) is 38.5. The van der Waals surface area contributed by atoms with Crippen molar-refractivity contribution in [2.45, 2.75) is 57.5 Å². The van der Waals surface area contributed by atoms with Gasteiger partial charge in [-0.15, -0.1) is 0 Å². The average Bonchev–Trinajstić information content (AvgIpc) is 3.56. The van der Waals surface area contributed by atoms with Crippen molar-refractivity contribution in [2.24, 2.45) is 0 Å². The third kappa shape index (κ3) is 6.98. The predicted molar refractivity (Wildman–Crippen MR) is 195 cm³/mol. The van der Waals surface area contributed by atoms with E-state index in [0.717, 1.165) is 23.9 Å². The number of anilines is 1. The van der Waals surface area contributed by atoms with Crippen molar-refractivity contribution in [3.05, 3.63) is 64.3 Å². The highest BCUT2D eigenvalue weighted by atomic mass is 32.2. The Morgan fingerprint density at radius 1 is 1.02 bits per heavy atom. The number of piperidine rings is 2. The van der Waals surface area contributed by atoms with Crippen LogP contribution in [0.5, 0.6) is 11.5 Å². The number of carbonyl (C=O) groups is 4. The molecule has 16 nitrogen and oxygen atoms in total. The monoisotopic (exact) mass is 765 g/mol. The molecular weight excluding hydrogens is 726 g/mol. The number of nitrogens with zero attached hydrogens (tertiary/aromatic N) is 4. The Morgan fingerprint density at radius 3 is 2.46 bits per heavy atom. The summed E-state index contributed by atoms with van der Waals surface area (Å²) in [5, 5.41) is 15.8. The molecule has 4 heterocycles. The number of nitrogens with one attached hydrogen (secondary N) is 3. The maximum absolute atomic E-state index is 15.5. The van der Waals surface area contributed by atoms with Crippen LogP contribution in [0.25, 0.3) is 21.8 Å². The number of aromatic nitrogens is 2. The third-order valence-electron chi connectivity index (χ3n) is 10.2. The van der Waals surface area contributed by atoms with Crippen molar-refractivity contribution in [2.75, 3.05) is 43.6 Å². The lowest BCUT2D eigenvalue weighted by Crippen LogP contribution is -2.44. The fourth-order valence-corrected chi connectivity index (χ4v) is 8.73. The molecule has 3 aromatic carbocycles. The van der Waals surface area contributed by atoms with Crippen molar-refractivity contribution in [3.63, 3.8) is 0 Å². The number of hydrogen-bond donors (Lipinski definition) is 4. The Kier molecular flexibility index (Phi) is 9.82. The lowest BCUT2D eigenvalue weighted by molar-refractivity contribution is -0.135. The van der Waals surface area contributed by atoms with Gasteiger partial charge in [0.25, 0.3) is 5.91 Å². The molecule has 0 radical (unpaired) electrons. The SMILES string of the molecule is CC(C)n1c(=O)n(C2CCC(=O)NC2=O)c2ccc(C3CCN(CC(=O)NCCOc4ccc5cc(O)c(N6CC(=O)NS6(=O)=O)c(F)c5c4)CC3)cc21. The largest absolute Gasteiger partial charge is 0.506 e. The number of fused-ring (bicyclic) bond motifs is 2. The van der Waals surface area contributed by atoms with Crippen LogP contribution in [0.2, 0.25) is 0 Å². The van der Waals surface area contributed by atoms with Crippen LogP contribution in [0.3, 0.4) is 0 Å². The minimum Gasteiger partial charge on any atom is -0.506 e. The van der Waals surface area contributed by atoms with Gasteiger partial charge in [-0.2, -0.15) is 8.42 Å². The molecule has 4 aromatic rings. The van der Waals surface area contributed by atoms with Gasteiger partial charge < -0.3 is 15.2 Å². The van der Waals surface area contributed by atoms with Gasteiger partial charge in [-0.25, -0.2) is 18.2 Å². The van der Waals surface area contributed by atoms with Gasteiger partial charge in [0.1, 0.15) is 36.4 Å². The van der Waals surface area contributed by atoms with Gasteiger partial charge in [0.05, 0.1) is 24.1 Å². The van der Waals surface area contributed by atoms with Crippen molar-refractivity contribution >= 4 is 61.3 Å². The van der Waals surface area contributed by atoms with Gasteiger partial charge in [0, 0.05) is 17.8 Å². The van der Waals surface area contributed by atoms with Crippen LogP contribution in [0.4, 0.5) is 10.1 Å². The molecule has 3 saturated heterocycles. The number of phenolic OH excluding ortho intramolecular Hbond substituents is 1. The van der Waals surface area contributed by atoms with Crippen LogP contribution in [0, 0.1) is 5.82 Å². The number of rotatable bonds is 10. The molecule has 1 atom stereocenters. The lowest BCUT2D eigenvalue weighted by atomic mass is 9.89. The summed E-state index contributed by atoms with van der Waals surface area (Å²) in [5.41, 5.74) is 1.54. The number of amides is 4. The first-order chi connectivity index (χ1) is 25.7. The molecule has 0 spiro atoms. The van der Waals surface area contributed by atoms with Gasteiger partial charge >= 0.3 is 15.9 Å². The molecule has 7 rings (SSSR count). The Labute approximate surface area is 309 Å². The van der Waals surface area contributed by atoms with E-state index in [1.165, 1.54) is 22.8 Å². The summed E-state index contributed by atoms with van der Waals surface area (Å²) in [6.45, 7) is 4.97. The maximum atomic E-state index is 15.5. The third-order valence-corrected chi connectivity index (χ3v) is 11.5. The topological polar surface area (TPSA) is 201 Å². The number of imidazole rings is 1. The molecule has 3 aliphatic rings. The highest BCUT2D eigenvalue weighted by molar-refractivity contribution is 7.92. The number of carbonyl (C=O) groups excluding carboxylic acids is 4. The summed E-state index contributed by atoms with van der Waals surface area (Å²) in [5.74, 6) is -3.06. The molecule has 3 aliphatic heterocycles. The minimum absolute atomic E-state index is 0.0258. The average molecular weight is 766 g/mol. The quantitative estimate of drug-likeness (QED) is 0.137. The number of phenols is 1. The number of imide groups is 1. The fourth-order valence-electron chi connectivity index (χ4n) is 7.56. The van der Waals surface area contributed by atoms with Crippen LogP contribution >= 0.6 is 0 Å². The van der Waals surface area contributed by atoms with Crippen molar-refractivity contribution in [3.8, 4) is 11.5 Å². The zero-order valence-electron chi connectivity index (χ0n) is 29.6. The summed E-state index contributed by atoms with van der Waals surface area (Å²) >= 11 is 0. The summed E-state index contributed by atoms with van der Waals surface area (Å²) in [6.07, 6.45) is 2.04. The number of halogens is 1. The van der Waals surface area contributed by atoms with E-state index in [1.54, 1.807) is 15.4 Å². The number of likely N-dealkylation sites (tertiary alicyclic amines) is 1. The second-order valence-electron chi connectivity index (χ2n) is 14.1. The van der Waals surface area contributed by atoms with E-state index in [0.29, 0.717) is 22.9 Å². The van der Waals surface area contributed by atoms with Crippen LogP contribution in [0.15, 0.2) is 47.3 Å². The first kappa shape index (κ1) is 36.9. The van der Waals surface area contributed by atoms with Gasteiger partial charge in [-0.1, -0.05) is 12.1 Å². The molecule has 0 bridgehead atoms. The molecule has 1 aromatic heterocycles. The van der Waals surface area contributed by atoms with Gasteiger partial charge in [0.15, 0.2) is 5.82 Å². The van der Waals surface area contributed by atoms with Crippen LogP contribution in [-0.4, -0.2) is 90.5 Å². The van der Waals surface area contributed by atoms with Gasteiger partial charge in [0.2, 0.25) is 17.7 Å². The standard InChI is InChI=1S/C36H40FN7O9S/c1-20(2)43-28-15-22(4-6-26(28)44(36(43)50)27-7-8-30(46)39-35(27)49)21-9-12-41(13-10-21)18-31(47)38-11-14-53-24-5-3-23-16-29(45)34(33(37)25(23)17-24)42-19-32(48)40-54(42,51)52/h3-6,15-17,20-21,27,45H,7-14,18-19H2,1-2H3,(H,38,47)(H,40,48)(H,39,46,49). The highest BCUT2D eigenvalue weighted by Gasteiger charge is 2.38. The number of aromatic hydroxyl groups is 1. The second-order valence-corrected chi connectivity index (χ2v) is 15.7. The molecule has 18 heteroatoms. The molecule has 3 fully saturated rings. The number of benzene rings is 3. The summed E-state index contributed by atoms with van der Waals surface area (Å²) in [4.78, 5) is 64.5. The highest BCUT2D eigenvalue weighted by Crippen LogP contribution is 2.39. The maximum Gasteiger partial charge on any atom is 0.330 e. The first-order valence-electron chi connectivity index (χ1n) is 17.7. The van der Waals surface area contributed by atoms with Gasteiger partial charge in [-0.3, -0.25) is 38.5 Å². The summed E-state index contributed by atoms with van der Waals surface area (Å²) in [7, 11) is -4.35. The van der Waals surface area contributed by atoms with E-state index in [4.69, 9.17) is 4.74 Å². The molecule has 286 valence electrons. The molecule has 54 heavy (non-hydrogen) atoms. The predicted octanol–water partition coefficient (Wildman–Crippen LogP) is 1.92. The minimum atomic E-state index is -4.35. The Hall–Kier alpha value is -5.49. The van der Waals surface area contributed by atoms with Gasteiger partial charge in [-0.05, 0) is 93.4 Å². The van der Waals surface area contributed by atoms with E-state index >= 15 is 4.39 Å². The van der Waals surface area contributed by atoms with Crippen molar-refractivity contribution in [1.29, 1.82) is 0 Å². The molecule has 4 amide bonds. The molecule has 0 aliphatic carbocycles. The first-order valence-corrected chi connectivity index (χ1v) is 19.2. The second kappa shape index (κ2) is 14.4. The summed E-state index contributed by atoms with van der Waals surface area (Å²) in [6, 6.07) is 10.6.